The van der Waals surface area contributed by atoms with E-state index in [9.17, 15) is 4.79 Å². The van der Waals surface area contributed by atoms with E-state index in [1.54, 1.807) is 0 Å². The van der Waals surface area contributed by atoms with Gasteiger partial charge in [0.25, 0.3) is 0 Å². The molecule has 22 heavy (non-hydrogen) atoms. The Bertz CT molecular complexity index is 372. The van der Waals surface area contributed by atoms with E-state index in [-0.39, 0.29) is 11.6 Å². The SMILES string of the molecule is CC1CCCC(NCC2(NC(=O)OC(C)(C)C)CCC2)CC1. The Morgan fingerprint density at radius 2 is 1.86 bits per heavy atom. The Balaban J connectivity index is 1.79. The Hall–Kier alpha value is -0.770. The van der Waals surface area contributed by atoms with Gasteiger partial charge in [-0.25, -0.2) is 4.79 Å². The highest BCUT2D eigenvalue weighted by Gasteiger charge is 2.39. The second-order valence-electron chi connectivity index (χ2n) is 8.45. The lowest BCUT2D eigenvalue weighted by molar-refractivity contribution is 0.0378. The lowest BCUT2D eigenvalue weighted by Gasteiger charge is -2.43. The molecule has 4 nitrogen and oxygen atoms in total. The lowest BCUT2D eigenvalue weighted by atomic mass is 9.76. The molecule has 2 rings (SSSR count). The Morgan fingerprint density at radius 1 is 1.14 bits per heavy atom. The minimum atomic E-state index is -0.431. The van der Waals surface area contributed by atoms with Crippen molar-refractivity contribution in [3.05, 3.63) is 0 Å². The van der Waals surface area contributed by atoms with Crippen molar-refractivity contribution in [1.82, 2.24) is 10.6 Å². The third-order valence-corrected chi connectivity index (χ3v) is 5.06. The summed E-state index contributed by atoms with van der Waals surface area (Å²) in [6.45, 7) is 8.96. The number of carbonyl (C=O) groups excluding carboxylic acids is 1. The van der Waals surface area contributed by atoms with Crippen LogP contribution in [0.25, 0.3) is 0 Å². The second kappa shape index (κ2) is 7.20. The molecule has 0 aromatic carbocycles. The van der Waals surface area contributed by atoms with Gasteiger partial charge in [-0.05, 0) is 65.2 Å². The van der Waals surface area contributed by atoms with E-state index in [0.29, 0.717) is 6.04 Å². The minimum absolute atomic E-state index is 0.0831. The standard InChI is InChI=1S/C18H34N2O2/c1-14-7-5-8-15(10-9-14)19-13-18(11-6-12-18)20-16(21)22-17(2,3)4/h14-15,19H,5-13H2,1-4H3,(H,20,21). The van der Waals surface area contributed by atoms with E-state index in [4.69, 9.17) is 4.74 Å². The van der Waals surface area contributed by atoms with Crippen molar-refractivity contribution in [2.45, 2.75) is 96.2 Å². The zero-order chi connectivity index (χ0) is 16.2. The van der Waals surface area contributed by atoms with Crippen LogP contribution >= 0.6 is 0 Å². The predicted molar refractivity (Wildman–Crippen MR) is 90.0 cm³/mol. The smallest absolute Gasteiger partial charge is 0.408 e. The zero-order valence-electron chi connectivity index (χ0n) is 14.8. The Kier molecular flexibility index (Phi) is 5.76. The van der Waals surface area contributed by atoms with Gasteiger partial charge < -0.3 is 15.4 Å². The molecule has 0 bridgehead atoms. The minimum Gasteiger partial charge on any atom is -0.444 e. The van der Waals surface area contributed by atoms with Gasteiger partial charge in [0.05, 0.1) is 5.54 Å². The molecular weight excluding hydrogens is 276 g/mol. The number of rotatable bonds is 4. The van der Waals surface area contributed by atoms with E-state index >= 15 is 0 Å². The number of alkyl carbamates (subject to hydrolysis) is 1. The average Bonchev–Trinajstić information content (AvgIpc) is 2.55. The van der Waals surface area contributed by atoms with Gasteiger partial charge in [0.1, 0.15) is 5.60 Å². The van der Waals surface area contributed by atoms with E-state index in [2.05, 4.69) is 17.6 Å². The summed E-state index contributed by atoms with van der Waals surface area (Å²) >= 11 is 0. The maximum Gasteiger partial charge on any atom is 0.408 e. The number of carbonyl (C=O) groups is 1. The topological polar surface area (TPSA) is 50.4 Å². The van der Waals surface area contributed by atoms with Crippen molar-refractivity contribution in [2.24, 2.45) is 5.92 Å². The maximum atomic E-state index is 12.1. The molecule has 2 saturated carbocycles. The lowest BCUT2D eigenvalue weighted by Crippen LogP contribution is -2.60. The van der Waals surface area contributed by atoms with Crippen LogP contribution in [0.5, 0.6) is 0 Å². The van der Waals surface area contributed by atoms with Crippen molar-refractivity contribution >= 4 is 6.09 Å². The Morgan fingerprint density at radius 3 is 2.45 bits per heavy atom. The van der Waals surface area contributed by atoms with Crippen molar-refractivity contribution < 1.29 is 9.53 Å². The molecule has 0 saturated heterocycles. The molecule has 0 heterocycles. The highest BCUT2D eigenvalue weighted by atomic mass is 16.6. The maximum absolute atomic E-state index is 12.1. The van der Waals surface area contributed by atoms with Gasteiger partial charge in [0.15, 0.2) is 0 Å². The van der Waals surface area contributed by atoms with Crippen LogP contribution in [0.2, 0.25) is 0 Å². The van der Waals surface area contributed by atoms with Crippen LogP contribution < -0.4 is 10.6 Å². The quantitative estimate of drug-likeness (QED) is 0.772. The summed E-state index contributed by atoms with van der Waals surface area (Å²) in [7, 11) is 0. The van der Waals surface area contributed by atoms with Gasteiger partial charge in [-0.3, -0.25) is 0 Å². The van der Waals surface area contributed by atoms with Crippen LogP contribution in [0.1, 0.15) is 79.1 Å². The molecule has 0 aromatic rings. The number of ether oxygens (including phenoxy) is 1. The largest absolute Gasteiger partial charge is 0.444 e. The molecule has 2 atom stereocenters. The third-order valence-electron chi connectivity index (χ3n) is 5.06. The fourth-order valence-corrected chi connectivity index (χ4v) is 3.50. The normalized spacial score (nSPS) is 28.4. The van der Waals surface area contributed by atoms with Crippen LogP contribution in [-0.2, 0) is 4.74 Å². The molecule has 2 N–H and O–H groups in total. The van der Waals surface area contributed by atoms with Crippen LogP contribution in [0.4, 0.5) is 4.79 Å². The molecule has 2 aliphatic carbocycles. The van der Waals surface area contributed by atoms with E-state index in [1.807, 2.05) is 20.8 Å². The van der Waals surface area contributed by atoms with Crippen LogP contribution in [0.3, 0.4) is 0 Å². The Labute approximate surface area is 135 Å². The summed E-state index contributed by atoms with van der Waals surface area (Å²) in [5.41, 5.74) is -0.514. The van der Waals surface area contributed by atoms with Crippen LogP contribution in [0.15, 0.2) is 0 Å². The average molecular weight is 310 g/mol. The first-order valence-electron chi connectivity index (χ1n) is 9.03. The molecule has 2 fully saturated rings. The van der Waals surface area contributed by atoms with Gasteiger partial charge in [-0.15, -0.1) is 0 Å². The number of hydrogen-bond donors (Lipinski definition) is 2. The first-order valence-corrected chi connectivity index (χ1v) is 9.03. The van der Waals surface area contributed by atoms with Crippen LogP contribution in [0, 0.1) is 5.92 Å². The van der Waals surface area contributed by atoms with Crippen molar-refractivity contribution in [1.29, 1.82) is 0 Å². The molecule has 4 heteroatoms. The highest BCUT2D eigenvalue weighted by Crippen LogP contribution is 2.32. The molecule has 0 radical (unpaired) electrons. The molecule has 2 unspecified atom stereocenters. The van der Waals surface area contributed by atoms with Gasteiger partial charge in [0.2, 0.25) is 0 Å². The first-order chi connectivity index (χ1) is 10.3. The van der Waals surface area contributed by atoms with Gasteiger partial charge in [0, 0.05) is 12.6 Å². The van der Waals surface area contributed by atoms with E-state index in [0.717, 1.165) is 25.3 Å². The monoisotopic (exact) mass is 310 g/mol. The van der Waals surface area contributed by atoms with Gasteiger partial charge >= 0.3 is 6.09 Å². The van der Waals surface area contributed by atoms with E-state index in [1.165, 1.54) is 38.5 Å². The van der Waals surface area contributed by atoms with Gasteiger partial charge in [-0.1, -0.05) is 19.8 Å². The van der Waals surface area contributed by atoms with Crippen LogP contribution in [-0.4, -0.2) is 29.8 Å². The summed E-state index contributed by atoms with van der Waals surface area (Å²) < 4.78 is 5.42. The molecule has 2 aliphatic rings. The molecule has 128 valence electrons. The van der Waals surface area contributed by atoms with Gasteiger partial charge in [-0.2, -0.15) is 0 Å². The van der Waals surface area contributed by atoms with E-state index < -0.39 is 5.60 Å². The number of amides is 1. The molecule has 0 aromatic heterocycles. The second-order valence-corrected chi connectivity index (χ2v) is 8.45. The fourth-order valence-electron chi connectivity index (χ4n) is 3.50. The zero-order valence-corrected chi connectivity index (χ0v) is 14.8. The fraction of sp³-hybridized carbons (Fsp3) is 0.944. The molecule has 0 aliphatic heterocycles. The highest BCUT2D eigenvalue weighted by molar-refractivity contribution is 5.69. The number of nitrogens with one attached hydrogen (secondary N) is 2. The summed E-state index contributed by atoms with van der Waals surface area (Å²) in [6, 6.07) is 0.614. The number of hydrogen-bond acceptors (Lipinski definition) is 3. The third kappa shape index (κ3) is 5.45. The first kappa shape index (κ1) is 17.6. The van der Waals surface area contributed by atoms with Crippen molar-refractivity contribution in [3.63, 3.8) is 0 Å². The summed E-state index contributed by atoms with van der Waals surface area (Å²) in [5.74, 6) is 0.865. The summed E-state index contributed by atoms with van der Waals surface area (Å²) in [6.07, 6.45) is 9.58. The van der Waals surface area contributed by atoms with Crippen molar-refractivity contribution in [2.75, 3.05) is 6.54 Å². The predicted octanol–water partition coefficient (Wildman–Crippen LogP) is 3.99. The molecule has 1 amide bonds. The summed E-state index contributed by atoms with van der Waals surface area (Å²) in [5, 5.41) is 6.85. The molecular formula is C18H34N2O2. The molecule has 0 spiro atoms. The van der Waals surface area contributed by atoms with Crippen molar-refractivity contribution in [3.8, 4) is 0 Å². The summed E-state index contributed by atoms with van der Waals surface area (Å²) in [4.78, 5) is 12.1.